The van der Waals surface area contributed by atoms with Crippen LogP contribution in [0, 0.1) is 20.8 Å². The number of hydrogen-bond acceptors (Lipinski definition) is 19. The van der Waals surface area contributed by atoms with Gasteiger partial charge in [-0.1, -0.05) is 13.8 Å². The van der Waals surface area contributed by atoms with Gasteiger partial charge >= 0.3 is 23.9 Å². The van der Waals surface area contributed by atoms with Gasteiger partial charge in [-0.2, -0.15) is 0 Å². The van der Waals surface area contributed by atoms with Gasteiger partial charge in [-0.15, -0.1) is 0 Å². The van der Waals surface area contributed by atoms with Gasteiger partial charge in [-0.3, -0.25) is 29.0 Å². The molecule has 7 atom stereocenters. The highest BCUT2D eigenvalue weighted by atomic mass is 16.7. The van der Waals surface area contributed by atoms with Crippen molar-refractivity contribution in [2.75, 3.05) is 100.0 Å². The molecular weight excluding hydrogens is 1050 g/mol. The number of ether oxygens (including phenoxy) is 12. The molecule has 81 heavy (non-hydrogen) atoms. The standard InChI is InChI=1S/C59H83N5O17/c1-13-43-35(3)49-31-52-45(32-77-59-58(80-42(10)68)57(79-41(9)67)56(78-40(8)66)53(81-59)33-76-39(7)65)37(5)48(62-52)30-50-36(4)44(55(63-50)38(6)47-28-34(2)46(60-47)29-51(43)61-49)14-15-54(69)64(11)16-17-71-20-21-73-24-25-75-27-26-74-23-22-72-19-18-70-12/h28-31,36,44,53,56-59,61-62H,13-27,32-33H2,1-12H3/t36-,44-,53+,56+,57-,58+,59+/m0/s1. The number of H-pyrrole nitrogens is 2. The van der Waals surface area contributed by atoms with E-state index in [0.29, 0.717) is 96.7 Å². The summed E-state index contributed by atoms with van der Waals surface area (Å²) in [7, 11) is 3.42. The summed E-state index contributed by atoms with van der Waals surface area (Å²) in [5.74, 6) is -3.12. The zero-order valence-electron chi connectivity index (χ0n) is 49.2. The van der Waals surface area contributed by atoms with Gasteiger partial charge in [0, 0.05) is 106 Å². The summed E-state index contributed by atoms with van der Waals surface area (Å²) in [6, 6.07) is 6.13. The topological polar surface area (TPSA) is 257 Å². The van der Waals surface area contributed by atoms with Crippen LogP contribution >= 0.6 is 0 Å². The molecule has 0 aliphatic carbocycles. The first kappa shape index (κ1) is 64.1. The number of aromatic amines is 2. The third-order valence-electron chi connectivity index (χ3n) is 14.5. The minimum atomic E-state index is -1.41. The van der Waals surface area contributed by atoms with E-state index in [2.05, 4.69) is 42.9 Å². The van der Waals surface area contributed by atoms with Crippen LogP contribution in [-0.4, -0.2) is 185 Å². The Balaban J connectivity index is 1.23. The molecule has 6 heterocycles. The Morgan fingerprint density at radius 2 is 1.19 bits per heavy atom. The predicted octanol–water partition coefficient (Wildman–Crippen LogP) is 6.82. The quantitative estimate of drug-likeness (QED) is 0.0394. The number of aromatic nitrogens is 4. The zero-order chi connectivity index (χ0) is 58.8. The summed E-state index contributed by atoms with van der Waals surface area (Å²) in [5, 5.41) is 0. The first-order valence-corrected chi connectivity index (χ1v) is 27.8. The summed E-state index contributed by atoms with van der Waals surface area (Å²) < 4.78 is 68.0. The number of aryl methyl sites for hydroxylation is 3. The molecule has 22 heteroatoms. The van der Waals surface area contributed by atoms with Crippen molar-refractivity contribution in [1.82, 2.24) is 24.8 Å². The minimum absolute atomic E-state index is 0.0114. The Kier molecular flexibility index (Phi) is 24.8. The zero-order valence-corrected chi connectivity index (χ0v) is 49.2. The fraction of sp³-hybridized carbons (Fsp3) is 0.610. The number of carbonyl (C=O) groups excluding carboxylic acids is 5. The summed E-state index contributed by atoms with van der Waals surface area (Å²) in [4.78, 5) is 83.0. The van der Waals surface area contributed by atoms with Crippen molar-refractivity contribution < 1.29 is 80.8 Å². The van der Waals surface area contributed by atoms with Crippen molar-refractivity contribution in [1.29, 1.82) is 0 Å². The second-order valence-corrected chi connectivity index (χ2v) is 20.3. The Morgan fingerprint density at radius 3 is 1.77 bits per heavy atom. The Morgan fingerprint density at radius 1 is 0.642 bits per heavy atom. The fourth-order valence-corrected chi connectivity index (χ4v) is 10.0. The fourth-order valence-electron chi connectivity index (χ4n) is 10.0. The number of allylic oxidation sites excluding steroid dienone is 1. The van der Waals surface area contributed by atoms with Crippen LogP contribution in [0.3, 0.4) is 0 Å². The van der Waals surface area contributed by atoms with Gasteiger partial charge in [0.15, 0.2) is 24.6 Å². The van der Waals surface area contributed by atoms with Crippen LogP contribution in [0.25, 0.3) is 33.7 Å². The van der Waals surface area contributed by atoms with E-state index >= 15 is 0 Å². The van der Waals surface area contributed by atoms with Crippen LogP contribution in [-0.2, 0) is 93.8 Å². The molecule has 446 valence electrons. The van der Waals surface area contributed by atoms with E-state index in [1.165, 1.54) is 20.8 Å². The van der Waals surface area contributed by atoms with E-state index in [9.17, 15) is 24.0 Å². The summed E-state index contributed by atoms with van der Waals surface area (Å²) in [6.07, 6.45) is -3.11. The Hall–Kier alpha value is -6.11. The van der Waals surface area contributed by atoms with E-state index in [0.717, 1.165) is 80.5 Å². The van der Waals surface area contributed by atoms with E-state index in [1.807, 2.05) is 32.9 Å². The van der Waals surface area contributed by atoms with Crippen molar-refractivity contribution in [3.8, 4) is 0 Å². The number of fused-ring (bicyclic) bond motifs is 8. The molecule has 1 saturated heterocycles. The van der Waals surface area contributed by atoms with Crippen molar-refractivity contribution in [2.45, 2.75) is 138 Å². The summed E-state index contributed by atoms with van der Waals surface area (Å²) >= 11 is 0. The number of nitrogens with zero attached hydrogens (tertiary/aromatic N) is 3. The second-order valence-electron chi connectivity index (χ2n) is 20.3. The number of nitrogens with one attached hydrogen (secondary N) is 2. The number of carbonyl (C=O) groups is 5. The van der Waals surface area contributed by atoms with Crippen molar-refractivity contribution >= 4 is 63.5 Å². The van der Waals surface area contributed by atoms with Crippen molar-refractivity contribution in [3.63, 3.8) is 0 Å². The van der Waals surface area contributed by atoms with Crippen molar-refractivity contribution in [2.24, 2.45) is 0 Å². The number of amides is 1. The maximum absolute atomic E-state index is 13.8. The summed E-state index contributed by atoms with van der Waals surface area (Å²) in [6.45, 7) is 22.0. The van der Waals surface area contributed by atoms with Crippen LogP contribution in [0.2, 0.25) is 0 Å². The first-order valence-electron chi connectivity index (χ1n) is 27.8. The number of rotatable bonds is 30. The van der Waals surface area contributed by atoms with Gasteiger partial charge < -0.3 is 71.7 Å². The van der Waals surface area contributed by atoms with E-state index in [4.69, 9.17) is 66.8 Å². The van der Waals surface area contributed by atoms with Gasteiger partial charge in [0.05, 0.1) is 90.7 Å². The van der Waals surface area contributed by atoms with Crippen molar-refractivity contribution in [3.05, 3.63) is 68.8 Å². The molecule has 1 amide bonds. The second kappa shape index (κ2) is 31.4. The van der Waals surface area contributed by atoms with E-state index < -0.39 is 61.2 Å². The molecule has 8 bridgehead atoms. The van der Waals surface area contributed by atoms with E-state index in [-0.39, 0.29) is 30.8 Å². The molecule has 0 spiro atoms. The molecule has 3 aromatic rings. The highest BCUT2D eigenvalue weighted by molar-refractivity contribution is 5.85. The van der Waals surface area contributed by atoms with Crippen LogP contribution in [0.4, 0.5) is 0 Å². The molecule has 0 aromatic carbocycles. The molecule has 1 fully saturated rings. The van der Waals surface area contributed by atoms with Crippen LogP contribution < -0.4 is 0 Å². The van der Waals surface area contributed by atoms with Gasteiger partial charge in [0.2, 0.25) is 5.91 Å². The predicted molar refractivity (Wildman–Crippen MR) is 299 cm³/mol. The lowest BCUT2D eigenvalue weighted by atomic mass is 9.85. The monoisotopic (exact) mass is 1130 g/mol. The third kappa shape index (κ3) is 17.9. The molecule has 0 saturated carbocycles. The number of esters is 4. The average molecular weight is 1130 g/mol. The van der Waals surface area contributed by atoms with Gasteiger partial charge in [0.25, 0.3) is 0 Å². The number of likely N-dealkylation sites (N-methyl/N-ethyl adjacent to an activating group) is 1. The molecule has 3 aliphatic heterocycles. The summed E-state index contributed by atoms with van der Waals surface area (Å²) in [5.41, 5.74) is 12.1. The molecule has 3 aliphatic rings. The number of methoxy groups -OCH3 is 1. The van der Waals surface area contributed by atoms with E-state index in [1.54, 1.807) is 19.1 Å². The largest absolute Gasteiger partial charge is 0.463 e. The normalized spacial score (nSPS) is 19.7. The lowest BCUT2D eigenvalue weighted by Crippen LogP contribution is -2.62. The van der Waals surface area contributed by atoms with Gasteiger partial charge in [-0.05, 0) is 92.6 Å². The first-order chi connectivity index (χ1) is 38.8. The Bertz CT molecular complexity index is 2840. The maximum Gasteiger partial charge on any atom is 0.303 e. The molecule has 0 unspecified atom stereocenters. The molecule has 2 N–H and O–H groups in total. The highest BCUT2D eigenvalue weighted by Crippen LogP contribution is 2.42. The van der Waals surface area contributed by atoms with Crippen LogP contribution in [0.1, 0.15) is 124 Å². The lowest BCUT2D eigenvalue weighted by Gasteiger charge is -2.44. The van der Waals surface area contributed by atoms with Crippen LogP contribution in [0.15, 0.2) is 18.2 Å². The van der Waals surface area contributed by atoms with Gasteiger partial charge in [-0.25, -0.2) is 4.98 Å². The molecule has 22 nitrogen and oxygen atoms in total. The molecule has 6 rings (SSSR count). The smallest absolute Gasteiger partial charge is 0.303 e. The number of hydrogen-bond donors (Lipinski definition) is 2. The molecule has 3 aromatic heterocycles. The molecule has 0 radical (unpaired) electrons. The Labute approximate surface area is 474 Å². The highest BCUT2D eigenvalue weighted by Gasteiger charge is 2.53. The lowest BCUT2D eigenvalue weighted by molar-refractivity contribution is -0.310. The molecular formula is C59H83N5O17. The maximum atomic E-state index is 13.8. The van der Waals surface area contributed by atoms with Crippen LogP contribution in [0.5, 0.6) is 0 Å². The van der Waals surface area contributed by atoms with Gasteiger partial charge in [0.1, 0.15) is 12.7 Å². The minimum Gasteiger partial charge on any atom is -0.463 e. The third-order valence-corrected chi connectivity index (χ3v) is 14.5. The average Bonchev–Trinajstić information content (AvgIpc) is 4.38. The SMILES string of the molecule is CCc1c(C)c2cc3[nH]c(cc4nc(c(C)c5nc(cc1[nH]2)C(C)=C5)[C@@H](CCC(=O)N(C)CCOCCOCCOCCOCCOCCOC)[C@@H]4C)c(C)c3CO[C@@H]1O[C@H](COC(C)=O)[C@@H](OC(C)=O)[C@H](OC(C)=O)[C@H]1OC(C)=O.